The van der Waals surface area contributed by atoms with Crippen LogP contribution in [0.25, 0.3) is 5.82 Å². The van der Waals surface area contributed by atoms with Gasteiger partial charge in [-0.3, -0.25) is 9.59 Å². The number of nitrogens with zero attached hydrogens (tertiary/aromatic N) is 5. The first kappa shape index (κ1) is 19.8. The van der Waals surface area contributed by atoms with E-state index < -0.39 is 0 Å². The fourth-order valence-electron chi connectivity index (χ4n) is 3.41. The van der Waals surface area contributed by atoms with Crippen LogP contribution in [-0.4, -0.2) is 63.6 Å². The first-order valence-electron chi connectivity index (χ1n) is 9.49. The second-order valence-electron chi connectivity index (χ2n) is 6.55. The van der Waals surface area contributed by atoms with Crippen molar-refractivity contribution in [3.05, 3.63) is 29.6 Å². The van der Waals surface area contributed by atoms with Gasteiger partial charge in [-0.25, -0.2) is 4.68 Å². The second kappa shape index (κ2) is 8.81. The number of carbonyl (C=O) groups excluding carboxylic acids is 2. The van der Waals surface area contributed by atoms with Gasteiger partial charge < -0.3 is 14.4 Å². The maximum atomic E-state index is 13.1. The van der Waals surface area contributed by atoms with Crippen LogP contribution in [0.3, 0.4) is 0 Å². The lowest BCUT2D eigenvalue weighted by molar-refractivity contribution is -0.149. The monoisotopic (exact) mass is 387 g/mol. The largest absolute Gasteiger partial charge is 0.480 e. The molecule has 3 rings (SSSR count). The Morgan fingerprint density at radius 3 is 2.71 bits per heavy atom. The van der Waals surface area contributed by atoms with Crippen molar-refractivity contribution >= 4 is 11.9 Å². The molecule has 9 heteroatoms. The van der Waals surface area contributed by atoms with Crippen molar-refractivity contribution in [2.24, 2.45) is 5.92 Å². The summed E-state index contributed by atoms with van der Waals surface area (Å²) in [5.41, 5.74) is 1.27. The molecular weight excluding hydrogens is 362 g/mol. The average Bonchev–Trinajstić information content (AvgIpc) is 3.17. The Morgan fingerprint density at radius 2 is 2.07 bits per heavy atom. The molecule has 0 unspecified atom stereocenters. The predicted molar refractivity (Wildman–Crippen MR) is 100 cm³/mol. The van der Waals surface area contributed by atoms with Crippen LogP contribution < -0.4 is 4.74 Å². The van der Waals surface area contributed by atoms with Crippen LogP contribution in [0.4, 0.5) is 0 Å². The van der Waals surface area contributed by atoms with Crippen molar-refractivity contribution < 1.29 is 19.1 Å². The van der Waals surface area contributed by atoms with Gasteiger partial charge in [-0.15, -0.1) is 10.2 Å². The van der Waals surface area contributed by atoms with Crippen LogP contribution in [0.5, 0.6) is 5.88 Å². The van der Waals surface area contributed by atoms with Crippen molar-refractivity contribution in [1.82, 2.24) is 24.9 Å². The Labute approximate surface area is 163 Å². The van der Waals surface area contributed by atoms with Crippen LogP contribution in [0, 0.1) is 5.92 Å². The Kier molecular flexibility index (Phi) is 6.23. The van der Waals surface area contributed by atoms with E-state index >= 15 is 0 Å². The lowest BCUT2D eigenvalue weighted by atomic mass is 9.97. The van der Waals surface area contributed by atoms with Gasteiger partial charge in [0.25, 0.3) is 5.91 Å². The molecule has 1 aliphatic heterocycles. The third kappa shape index (κ3) is 3.97. The molecule has 0 spiro atoms. The summed E-state index contributed by atoms with van der Waals surface area (Å²) in [6.45, 7) is 5.07. The number of carbonyl (C=O) groups is 2. The van der Waals surface area contributed by atoms with Gasteiger partial charge in [0.2, 0.25) is 5.88 Å². The topological polar surface area (TPSA) is 99.4 Å². The molecule has 150 valence electrons. The van der Waals surface area contributed by atoms with E-state index in [9.17, 15) is 9.59 Å². The third-order valence-corrected chi connectivity index (χ3v) is 4.81. The van der Waals surface area contributed by atoms with Crippen LogP contribution >= 0.6 is 0 Å². The van der Waals surface area contributed by atoms with Gasteiger partial charge in [0.1, 0.15) is 0 Å². The molecule has 1 fully saturated rings. The van der Waals surface area contributed by atoms with Crippen molar-refractivity contribution in [2.45, 2.75) is 33.1 Å². The van der Waals surface area contributed by atoms with Crippen LogP contribution in [0.2, 0.25) is 0 Å². The summed E-state index contributed by atoms with van der Waals surface area (Å²) >= 11 is 0. The van der Waals surface area contributed by atoms with Gasteiger partial charge in [0.15, 0.2) is 5.82 Å². The molecule has 0 bridgehead atoms. The van der Waals surface area contributed by atoms with Gasteiger partial charge in [-0.1, -0.05) is 6.92 Å². The summed E-state index contributed by atoms with van der Waals surface area (Å²) in [6.07, 6.45) is 3.67. The lowest BCUT2D eigenvalue weighted by Crippen LogP contribution is -2.43. The van der Waals surface area contributed by atoms with Crippen molar-refractivity contribution in [3.8, 4) is 11.7 Å². The minimum atomic E-state index is -0.273. The van der Waals surface area contributed by atoms with Gasteiger partial charge in [0, 0.05) is 19.2 Å². The van der Waals surface area contributed by atoms with Crippen molar-refractivity contribution in [2.75, 3.05) is 26.8 Å². The number of esters is 1. The average molecular weight is 387 g/mol. The van der Waals surface area contributed by atoms with E-state index in [2.05, 4.69) is 15.3 Å². The second-order valence-corrected chi connectivity index (χ2v) is 6.55. The number of rotatable bonds is 6. The molecule has 28 heavy (non-hydrogen) atoms. The lowest BCUT2D eigenvalue weighted by Gasteiger charge is -2.31. The van der Waals surface area contributed by atoms with E-state index in [4.69, 9.17) is 9.47 Å². The standard InChI is InChI=1S/C19H25N5O4/c1-4-15-14(11-20-24(15)16-8-9-17(27-3)22-21-16)18(25)23-10-6-7-13(12-23)19(26)28-5-2/h8-9,11,13H,4-7,10,12H2,1-3H3/t13-/m0/s1. The van der Waals surface area contributed by atoms with Crippen LogP contribution in [0.15, 0.2) is 18.3 Å². The Morgan fingerprint density at radius 1 is 1.25 bits per heavy atom. The molecule has 1 saturated heterocycles. The molecule has 3 heterocycles. The Hall–Kier alpha value is -2.97. The highest BCUT2D eigenvalue weighted by molar-refractivity contribution is 5.95. The number of piperidine rings is 1. The summed E-state index contributed by atoms with van der Waals surface area (Å²) in [5, 5.41) is 12.4. The molecule has 9 nitrogen and oxygen atoms in total. The third-order valence-electron chi connectivity index (χ3n) is 4.81. The molecule has 0 saturated carbocycles. The highest BCUT2D eigenvalue weighted by Crippen LogP contribution is 2.22. The van der Waals surface area contributed by atoms with Gasteiger partial charge in [0.05, 0.1) is 37.1 Å². The maximum Gasteiger partial charge on any atom is 0.310 e. The van der Waals surface area contributed by atoms with E-state index in [-0.39, 0.29) is 17.8 Å². The van der Waals surface area contributed by atoms with Gasteiger partial charge in [-0.2, -0.15) is 5.10 Å². The molecule has 2 aromatic heterocycles. The van der Waals surface area contributed by atoms with Crippen molar-refractivity contribution in [3.63, 3.8) is 0 Å². The summed E-state index contributed by atoms with van der Waals surface area (Å²) in [4.78, 5) is 26.9. The maximum absolute atomic E-state index is 13.1. The quantitative estimate of drug-likeness (QED) is 0.695. The highest BCUT2D eigenvalue weighted by Gasteiger charge is 2.31. The first-order chi connectivity index (χ1) is 13.6. The number of methoxy groups -OCH3 is 1. The van der Waals surface area contributed by atoms with Gasteiger partial charge in [-0.05, 0) is 32.3 Å². The zero-order valence-corrected chi connectivity index (χ0v) is 16.4. The fraction of sp³-hybridized carbons (Fsp3) is 0.526. The molecular formula is C19H25N5O4. The van der Waals surface area contributed by atoms with E-state index in [1.807, 2.05) is 6.92 Å². The van der Waals surface area contributed by atoms with Crippen LogP contribution in [-0.2, 0) is 16.0 Å². The number of hydrogen-bond donors (Lipinski definition) is 0. The summed E-state index contributed by atoms with van der Waals surface area (Å²) in [5.74, 6) is 0.284. The first-order valence-corrected chi connectivity index (χ1v) is 9.49. The summed E-state index contributed by atoms with van der Waals surface area (Å²) in [6, 6.07) is 3.43. The van der Waals surface area contributed by atoms with E-state index in [1.165, 1.54) is 7.11 Å². The summed E-state index contributed by atoms with van der Waals surface area (Å²) in [7, 11) is 1.52. The number of likely N-dealkylation sites (tertiary alicyclic amines) is 1. The SMILES string of the molecule is CCOC(=O)[C@H]1CCCN(C(=O)c2cnn(-c3ccc(OC)nn3)c2CC)C1. The molecule has 0 N–H and O–H groups in total. The highest BCUT2D eigenvalue weighted by atomic mass is 16.5. The zero-order valence-electron chi connectivity index (χ0n) is 16.4. The fourth-order valence-corrected chi connectivity index (χ4v) is 3.41. The number of amides is 1. The van der Waals surface area contributed by atoms with E-state index in [0.717, 1.165) is 18.5 Å². The smallest absolute Gasteiger partial charge is 0.310 e. The molecule has 1 atom stereocenters. The predicted octanol–water partition coefficient (Wildman–Crippen LogP) is 1.65. The molecule has 1 aliphatic rings. The van der Waals surface area contributed by atoms with E-state index in [0.29, 0.717) is 43.4 Å². The number of aromatic nitrogens is 4. The number of hydrogen-bond acceptors (Lipinski definition) is 7. The molecule has 0 radical (unpaired) electrons. The normalized spacial score (nSPS) is 16.7. The molecule has 0 aromatic carbocycles. The molecule has 2 aromatic rings. The molecule has 0 aliphatic carbocycles. The summed E-state index contributed by atoms with van der Waals surface area (Å²) < 4.78 is 11.8. The minimum Gasteiger partial charge on any atom is -0.480 e. The van der Waals surface area contributed by atoms with E-state index in [1.54, 1.807) is 34.8 Å². The van der Waals surface area contributed by atoms with Crippen molar-refractivity contribution in [1.29, 1.82) is 0 Å². The Balaban J connectivity index is 1.82. The van der Waals surface area contributed by atoms with Crippen LogP contribution in [0.1, 0.15) is 42.7 Å². The minimum absolute atomic E-state index is 0.126. The molecule has 1 amide bonds. The zero-order chi connectivity index (χ0) is 20.1. The van der Waals surface area contributed by atoms with Gasteiger partial charge >= 0.3 is 5.97 Å². The Bertz CT molecular complexity index is 833. The number of ether oxygens (including phenoxy) is 2.